The number of piperidine rings is 1. The van der Waals surface area contributed by atoms with E-state index in [4.69, 9.17) is 9.63 Å². The molecular formula is C16H17FN2O3. The van der Waals surface area contributed by atoms with Crippen LogP contribution in [-0.2, 0) is 0 Å². The number of aliphatic hydroxyl groups is 1. The molecule has 6 heteroatoms. The van der Waals surface area contributed by atoms with Crippen LogP contribution in [0.1, 0.15) is 23.3 Å². The smallest absolute Gasteiger partial charge is 0.276 e. The van der Waals surface area contributed by atoms with Gasteiger partial charge in [-0.15, -0.1) is 0 Å². The fourth-order valence-corrected chi connectivity index (χ4v) is 2.64. The van der Waals surface area contributed by atoms with Gasteiger partial charge in [-0.1, -0.05) is 17.3 Å². The van der Waals surface area contributed by atoms with Crippen molar-refractivity contribution in [1.82, 2.24) is 10.1 Å². The van der Waals surface area contributed by atoms with E-state index in [9.17, 15) is 9.18 Å². The molecule has 5 nitrogen and oxygen atoms in total. The molecule has 1 saturated heterocycles. The molecule has 0 bridgehead atoms. The standard InChI is InChI=1S/C16H17FN2O3/c17-13-4-2-1-3-12(13)15-9-14(18-22-15)16(21)19-7-5-11(10-20)6-8-19/h1-4,9,11,20H,5-8,10H2. The van der Waals surface area contributed by atoms with Gasteiger partial charge in [0.05, 0.1) is 5.56 Å². The number of likely N-dealkylation sites (tertiary alicyclic amines) is 1. The van der Waals surface area contributed by atoms with Crippen molar-refractivity contribution in [2.24, 2.45) is 5.92 Å². The highest BCUT2D eigenvalue weighted by Crippen LogP contribution is 2.24. The number of carbonyl (C=O) groups excluding carboxylic acids is 1. The Morgan fingerprint density at radius 2 is 2.09 bits per heavy atom. The van der Waals surface area contributed by atoms with Gasteiger partial charge in [0.25, 0.3) is 5.91 Å². The molecule has 2 aromatic rings. The van der Waals surface area contributed by atoms with Crippen LogP contribution in [0.5, 0.6) is 0 Å². The lowest BCUT2D eigenvalue weighted by Gasteiger charge is -2.30. The van der Waals surface area contributed by atoms with Crippen LogP contribution in [0.4, 0.5) is 4.39 Å². The summed E-state index contributed by atoms with van der Waals surface area (Å²) in [6.45, 7) is 1.33. The summed E-state index contributed by atoms with van der Waals surface area (Å²) in [6.07, 6.45) is 1.56. The number of nitrogens with zero attached hydrogens (tertiary/aromatic N) is 2. The Bertz CT molecular complexity index is 663. The van der Waals surface area contributed by atoms with Crippen molar-refractivity contribution < 1.29 is 18.8 Å². The number of carbonyl (C=O) groups is 1. The molecule has 1 N–H and O–H groups in total. The monoisotopic (exact) mass is 304 g/mol. The molecule has 0 aliphatic carbocycles. The largest absolute Gasteiger partial charge is 0.396 e. The van der Waals surface area contributed by atoms with Crippen molar-refractivity contribution >= 4 is 5.91 Å². The van der Waals surface area contributed by atoms with Gasteiger partial charge in [-0.25, -0.2) is 4.39 Å². The van der Waals surface area contributed by atoms with Gasteiger partial charge in [0.15, 0.2) is 11.5 Å². The molecular weight excluding hydrogens is 287 g/mol. The summed E-state index contributed by atoms with van der Waals surface area (Å²) in [6, 6.07) is 7.67. The zero-order chi connectivity index (χ0) is 15.5. The highest BCUT2D eigenvalue weighted by Gasteiger charge is 2.25. The molecule has 3 rings (SSSR count). The summed E-state index contributed by atoms with van der Waals surface area (Å²) in [7, 11) is 0. The van der Waals surface area contributed by atoms with Crippen molar-refractivity contribution in [3.63, 3.8) is 0 Å². The van der Waals surface area contributed by atoms with E-state index in [0.29, 0.717) is 13.1 Å². The first kappa shape index (κ1) is 14.7. The van der Waals surface area contributed by atoms with E-state index in [1.54, 1.807) is 23.1 Å². The van der Waals surface area contributed by atoms with Gasteiger partial charge in [0.1, 0.15) is 5.82 Å². The molecule has 1 aliphatic rings. The summed E-state index contributed by atoms with van der Waals surface area (Å²) >= 11 is 0. The second-order valence-corrected chi connectivity index (χ2v) is 5.47. The predicted octanol–water partition coefficient (Wildman–Crippen LogP) is 2.33. The average Bonchev–Trinajstić information content (AvgIpc) is 3.04. The van der Waals surface area contributed by atoms with Crippen molar-refractivity contribution in [1.29, 1.82) is 0 Å². The third-order valence-corrected chi connectivity index (χ3v) is 4.03. The molecule has 1 aliphatic heterocycles. The summed E-state index contributed by atoms with van der Waals surface area (Å²) in [5.74, 6) is -0.133. The maximum atomic E-state index is 13.7. The van der Waals surface area contributed by atoms with Crippen LogP contribution in [0.25, 0.3) is 11.3 Å². The number of halogens is 1. The number of aromatic nitrogens is 1. The van der Waals surface area contributed by atoms with Gasteiger partial charge in [-0.05, 0) is 30.9 Å². The number of rotatable bonds is 3. The number of benzene rings is 1. The molecule has 1 amide bonds. The Labute approximate surface area is 127 Å². The summed E-state index contributed by atoms with van der Waals surface area (Å²) in [5.41, 5.74) is 0.466. The number of aliphatic hydroxyl groups excluding tert-OH is 1. The summed E-state index contributed by atoms with van der Waals surface area (Å²) in [5, 5.41) is 12.9. The maximum absolute atomic E-state index is 13.7. The highest BCUT2D eigenvalue weighted by molar-refractivity contribution is 5.93. The van der Waals surface area contributed by atoms with Crippen LogP contribution in [0.2, 0.25) is 0 Å². The summed E-state index contributed by atoms with van der Waals surface area (Å²) in [4.78, 5) is 14.1. The predicted molar refractivity (Wildman–Crippen MR) is 77.6 cm³/mol. The van der Waals surface area contributed by atoms with Crippen molar-refractivity contribution in [2.75, 3.05) is 19.7 Å². The van der Waals surface area contributed by atoms with Gasteiger partial charge in [-0.2, -0.15) is 0 Å². The van der Waals surface area contributed by atoms with Crippen molar-refractivity contribution in [3.8, 4) is 11.3 Å². The first-order valence-electron chi connectivity index (χ1n) is 7.31. The van der Waals surface area contributed by atoms with Gasteiger partial charge in [0.2, 0.25) is 0 Å². The van der Waals surface area contributed by atoms with Crippen LogP contribution in [0.15, 0.2) is 34.9 Å². The van der Waals surface area contributed by atoms with E-state index in [1.165, 1.54) is 12.1 Å². The van der Waals surface area contributed by atoms with Crippen LogP contribution in [0.3, 0.4) is 0 Å². The second-order valence-electron chi connectivity index (χ2n) is 5.47. The minimum atomic E-state index is -0.415. The first-order chi connectivity index (χ1) is 10.7. The quantitative estimate of drug-likeness (QED) is 0.945. The molecule has 116 valence electrons. The lowest BCUT2D eigenvalue weighted by atomic mass is 9.98. The van der Waals surface area contributed by atoms with Gasteiger partial charge < -0.3 is 14.5 Å². The molecule has 2 heterocycles. The van der Waals surface area contributed by atoms with Gasteiger partial charge in [-0.3, -0.25) is 4.79 Å². The lowest BCUT2D eigenvalue weighted by Crippen LogP contribution is -2.39. The SMILES string of the molecule is O=C(c1cc(-c2ccccc2F)on1)N1CCC(CO)CC1. The maximum Gasteiger partial charge on any atom is 0.276 e. The summed E-state index contributed by atoms with van der Waals surface area (Å²) < 4.78 is 18.8. The molecule has 0 atom stereocenters. The Morgan fingerprint density at radius 1 is 1.36 bits per heavy atom. The van der Waals surface area contributed by atoms with E-state index < -0.39 is 5.82 Å². The number of hydrogen-bond acceptors (Lipinski definition) is 4. The second kappa shape index (κ2) is 6.27. The van der Waals surface area contributed by atoms with Crippen molar-refractivity contribution in [3.05, 3.63) is 41.8 Å². The van der Waals surface area contributed by atoms with Crippen molar-refractivity contribution in [2.45, 2.75) is 12.8 Å². The molecule has 22 heavy (non-hydrogen) atoms. The van der Waals surface area contributed by atoms with Crippen LogP contribution in [0, 0.1) is 11.7 Å². The van der Waals surface area contributed by atoms with E-state index in [0.717, 1.165) is 12.8 Å². The molecule has 1 aromatic heterocycles. The molecule has 0 saturated carbocycles. The fraction of sp³-hybridized carbons (Fsp3) is 0.375. The minimum Gasteiger partial charge on any atom is -0.396 e. The average molecular weight is 304 g/mol. The van der Waals surface area contributed by atoms with E-state index in [-0.39, 0.29) is 35.4 Å². The number of amides is 1. The lowest BCUT2D eigenvalue weighted by molar-refractivity contribution is 0.0641. The van der Waals surface area contributed by atoms with E-state index in [1.807, 2.05) is 0 Å². The zero-order valence-corrected chi connectivity index (χ0v) is 12.0. The number of hydrogen-bond donors (Lipinski definition) is 1. The van der Waals surface area contributed by atoms with Crippen LogP contribution < -0.4 is 0 Å². The highest BCUT2D eigenvalue weighted by atomic mass is 19.1. The van der Waals surface area contributed by atoms with Crippen LogP contribution in [-0.4, -0.2) is 40.8 Å². The molecule has 1 fully saturated rings. The van der Waals surface area contributed by atoms with E-state index >= 15 is 0 Å². The normalized spacial score (nSPS) is 16.0. The Kier molecular flexibility index (Phi) is 4.20. The Balaban J connectivity index is 1.74. The van der Waals surface area contributed by atoms with Crippen LogP contribution >= 0.6 is 0 Å². The molecule has 0 spiro atoms. The zero-order valence-electron chi connectivity index (χ0n) is 12.0. The first-order valence-corrected chi connectivity index (χ1v) is 7.31. The third kappa shape index (κ3) is 2.87. The van der Waals surface area contributed by atoms with E-state index in [2.05, 4.69) is 5.16 Å². The molecule has 1 aromatic carbocycles. The third-order valence-electron chi connectivity index (χ3n) is 4.03. The van der Waals surface area contributed by atoms with Gasteiger partial charge >= 0.3 is 0 Å². The Hall–Kier alpha value is -2.21. The fourth-order valence-electron chi connectivity index (χ4n) is 2.64. The molecule has 0 unspecified atom stereocenters. The minimum absolute atomic E-state index is 0.156. The van der Waals surface area contributed by atoms with Gasteiger partial charge in [0, 0.05) is 25.8 Å². The Morgan fingerprint density at radius 3 is 2.77 bits per heavy atom. The molecule has 0 radical (unpaired) electrons. The topological polar surface area (TPSA) is 66.6 Å².